The molecule has 0 bridgehead atoms. The van der Waals surface area contributed by atoms with E-state index in [1.807, 2.05) is 0 Å². The molecular formula is C7H7F3N4S. The van der Waals surface area contributed by atoms with Crippen molar-refractivity contribution in [1.29, 1.82) is 0 Å². The largest absolute Gasteiger partial charge is 0.405 e. The van der Waals surface area contributed by atoms with Gasteiger partial charge in [-0.1, -0.05) is 12.2 Å². The second-order valence-electron chi connectivity index (χ2n) is 2.63. The molecule has 0 radical (unpaired) electrons. The van der Waals surface area contributed by atoms with E-state index >= 15 is 0 Å². The first-order valence-electron chi connectivity index (χ1n) is 3.82. The number of nitrogens with zero attached hydrogens (tertiary/aromatic N) is 2. The topological polar surface area (TPSA) is 63.8 Å². The van der Waals surface area contributed by atoms with Gasteiger partial charge in [0.25, 0.3) is 0 Å². The molecule has 1 aromatic rings. The standard InChI is InChI=1S/C7H7F3N4S/c8-7(9,10)3-12-6-4(5(11)15)1-2-13-14-6/h1-2H,3H2,(H2,11,15)(H,12,14). The maximum Gasteiger partial charge on any atom is 0.405 e. The average Bonchev–Trinajstić information content (AvgIpc) is 2.14. The minimum absolute atomic E-state index is 0.0328. The number of aromatic nitrogens is 2. The zero-order valence-corrected chi connectivity index (χ0v) is 8.19. The summed E-state index contributed by atoms with van der Waals surface area (Å²) in [4.78, 5) is -0.0328. The molecule has 0 aliphatic rings. The summed E-state index contributed by atoms with van der Waals surface area (Å²) in [6.45, 7) is -1.21. The second kappa shape index (κ2) is 4.39. The summed E-state index contributed by atoms with van der Waals surface area (Å²) >= 11 is 4.65. The molecule has 8 heteroatoms. The smallest absolute Gasteiger partial charge is 0.389 e. The first-order chi connectivity index (χ1) is 6.90. The molecule has 0 aliphatic carbocycles. The van der Waals surface area contributed by atoms with Gasteiger partial charge in [0, 0.05) is 0 Å². The van der Waals surface area contributed by atoms with Gasteiger partial charge in [0.05, 0.1) is 11.8 Å². The Bertz CT molecular complexity index is 365. The van der Waals surface area contributed by atoms with Gasteiger partial charge in [-0.15, -0.1) is 5.10 Å². The molecule has 0 aliphatic heterocycles. The highest BCUT2D eigenvalue weighted by molar-refractivity contribution is 7.80. The van der Waals surface area contributed by atoms with Crippen molar-refractivity contribution in [2.45, 2.75) is 6.18 Å². The molecule has 0 spiro atoms. The quantitative estimate of drug-likeness (QED) is 0.769. The summed E-state index contributed by atoms with van der Waals surface area (Å²) in [6.07, 6.45) is -3.03. The number of thiocarbonyl (C=S) groups is 1. The van der Waals surface area contributed by atoms with Crippen molar-refractivity contribution in [3.05, 3.63) is 17.8 Å². The predicted octanol–water partition coefficient (Wildman–Crippen LogP) is 1.08. The zero-order valence-electron chi connectivity index (χ0n) is 7.38. The van der Waals surface area contributed by atoms with Crippen molar-refractivity contribution in [2.75, 3.05) is 11.9 Å². The lowest BCUT2D eigenvalue weighted by atomic mass is 10.3. The van der Waals surface area contributed by atoms with E-state index in [1.54, 1.807) is 0 Å². The van der Waals surface area contributed by atoms with Crippen molar-refractivity contribution in [3.8, 4) is 0 Å². The molecule has 1 aromatic heterocycles. The van der Waals surface area contributed by atoms with Crippen LogP contribution < -0.4 is 11.1 Å². The van der Waals surface area contributed by atoms with Gasteiger partial charge in [0.1, 0.15) is 11.5 Å². The van der Waals surface area contributed by atoms with Gasteiger partial charge >= 0.3 is 6.18 Å². The summed E-state index contributed by atoms with van der Waals surface area (Å²) in [5.74, 6) is -0.0673. The molecule has 4 nitrogen and oxygen atoms in total. The van der Waals surface area contributed by atoms with E-state index in [-0.39, 0.29) is 16.4 Å². The van der Waals surface area contributed by atoms with Crippen LogP contribution in [0.1, 0.15) is 5.56 Å². The molecule has 0 unspecified atom stereocenters. The molecule has 0 fully saturated rings. The predicted molar refractivity (Wildman–Crippen MR) is 52.5 cm³/mol. The fourth-order valence-electron chi connectivity index (χ4n) is 0.845. The second-order valence-corrected chi connectivity index (χ2v) is 3.07. The molecule has 1 rings (SSSR count). The maximum absolute atomic E-state index is 11.9. The van der Waals surface area contributed by atoms with Crippen molar-refractivity contribution >= 4 is 23.0 Å². The van der Waals surface area contributed by atoms with Crippen LogP contribution in [0.15, 0.2) is 12.3 Å². The van der Waals surface area contributed by atoms with Crippen LogP contribution in [0.2, 0.25) is 0 Å². The van der Waals surface area contributed by atoms with Crippen molar-refractivity contribution in [1.82, 2.24) is 10.2 Å². The summed E-state index contributed by atoms with van der Waals surface area (Å²) < 4.78 is 35.7. The van der Waals surface area contributed by atoms with Crippen LogP contribution in [0.25, 0.3) is 0 Å². The van der Waals surface area contributed by atoms with E-state index in [9.17, 15) is 13.2 Å². The van der Waals surface area contributed by atoms with Crippen LogP contribution >= 0.6 is 12.2 Å². The van der Waals surface area contributed by atoms with Crippen molar-refractivity contribution < 1.29 is 13.2 Å². The number of nitrogens with one attached hydrogen (secondary N) is 1. The summed E-state index contributed by atoms with van der Waals surface area (Å²) in [5, 5.41) is 8.98. The highest BCUT2D eigenvalue weighted by Gasteiger charge is 2.27. The highest BCUT2D eigenvalue weighted by atomic mass is 32.1. The molecular weight excluding hydrogens is 229 g/mol. The summed E-state index contributed by atoms with van der Waals surface area (Å²) in [6, 6.07) is 1.40. The molecule has 1 heterocycles. The third-order valence-corrected chi connectivity index (χ3v) is 1.66. The van der Waals surface area contributed by atoms with Gasteiger partial charge < -0.3 is 11.1 Å². The monoisotopic (exact) mass is 236 g/mol. The van der Waals surface area contributed by atoms with E-state index in [4.69, 9.17) is 5.73 Å². The van der Waals surface area contributed by atoms with Crippen LogP contribution in [0.4, 0.5) is 19.0 Å². The van der Waals surface area contributed by atoms with Crippen LogP contribution in [0.5, 0.6) is 0 Å². The minimum atomic E-state index is -4.33. The van der Waals surface area contributed by atoms with Gasteiger partial charge in [-0.25, -0.2) is 0 Å². The SMILES string of the molecule is NC(=S)c1ccnnc1NCC(F)(F)F. The molecule has 0 saturated heterocycles. The Kier molecular flexibility index (Phi) is 3.40. The lowest BCUT2D eigenvalue weighted by Gasteiger charge is -2.10. The van der Waals surface area contributed by atoms with E-state index in [0.29, 0.717) is 0 Å². The number of alkyl halides is 3. The van der Waals surface area contributed by atoms with Gasteiger partial charge in [0.15, 0.2) is 5.82 Å². The highest BCUT2D eigenvalue weighted by Crippen LogP contribution is 2.17. The lowest BCUT2D eigenvalue weighted by molar-refractivity contribution is -0.115. The maximum atomic E-state index is 11.9. The van der Waals surface area contributed by atoms with Crippen LogP contribution in [-0.4, -0.2) is 27.9 Å². The summed E-state index contributed by atoms with van der Waals surface area (Å²) in [5.41, 5.74) is 5.54. The Morgan fingerprint density at radius 2 is 2.20 bits per heavy atom. The number of nitrogens with two attached hydrogens (primary N) is 1. The fraction of sp³-hybridized carbons (Fsp3) is 0.286. The van der Waals surface area contributed by atoms with Gasteiger partial charge in [0.2, 0.25) is 0 Å². The Labute approximate surface area is 88.7 Å². The van der Waals surface area contributed by atoms with E-state index in [2.05, 4.69) is 27.7 Å². The first-order valence-corrected chi connectivity index (χ1v) is 4.23. The molecule has 0 atom stereocenters. The Hall–Kier alpha value is -1.44. The van der Waals surface area contributed by atoms with Crippen molar-refractivity contribution in [3.63, 3.8) is 0 Å². The third-order valence-electron chi connectivity index (χ3n) is 1.44. The number of hydrogen-bond donors (Lipinski definition) is 2. The molecule has 15 heavy (non-hydrogen) atoms. The number of halogens is 3. The molecule has 3 N–H and O–H groups in total. The Morgan fingerprint density at radius 1 is 1.53 bits per heavy atom. The van der Waals surface area contributed by atoms with E-state index < -0.39 is 12.7 Å². The van der Waals surface area contributed by atoms with E-state index in [1.165, 1.54) is 12.3 Å². The average molecular weight is 236 g/mol. The molecule has 0 saturated carbocycles. The number of anilines is 1. The Morgan fingerprint density at radius 3 is 2.73 bits per heavy atom. The first kappa shape index (κ1) is 11.6. The number of rotatable bonds is 3. The Balaban J connectivity index is 2.81. The molecule has 0 aromatic carbocycles. The zero-order chi connectivity index (χ0) is 11.5. The number of hydrogen-bond acceptors (Lipinski definition) is 4. The normalized spacial score (nSPS) is 11.1. The fourth-order valence-corrected chi connectivity index (χ4v) is 1.01. The van der Waals surface area contributed by atoms with Gasteiger partial charge in [-0.2, -0.15) is 18.3 Å². The van der Waals surface area contributed by atoms with Gasteiger partial charge in [-0.3, -0.25) is 0 Å². The molecule has 82 valence electrons. The summed E-state index contributed by atoms with van der Waals surface area (Å²) in [7, 11) is 0. The van der Waals surface area contributed by atoms with E-state index in [0.717, 1.165) is 0 Å². The van der Waals surface area contributed by atoms with Gasteiger partial charge in [-0.05, 0) is 6.07 Å². The van der Waals surface area contributed by atoms with Crippen LogP contribution in [-0.2, 0) is 0 Å². The minimum Gasteiger partial charge on any atom is -0.389 e. The van der Waals surface area contributed by atoms with Crippen LogP contribution in [0, 0.1) is 0 Å². The van der Waals surface area contributed by atoms with Crippen molar-refractivity contribution in [2.24, 2.45) is 5.73 Å². The lowest BCUT2D eigenvalue weighted by Crippen LogP contribution is -2.24. The van der Waals surface area contributed by atoms with Crippen LogP contribution in [0.3, 0.4) is 0 Å². The molecule has 0 amide bonds. The third kappa shape index (κ3) is 3.66.